The van der Waals surface area contributed by atoms with Crippen molar-refractivity contribution in [1.29, 1.82) is 0 Å². The average Bonchev–Trinajstić information content (AvgIpc) is 2.43. The van der Waals surface area contributed by atoms with Crippen molar-refractivity contribution in [3.63, 3.8) is 0 Å². The number of nitrogens with one attached hydrogen (secondary N) is 1. The Labute approximate surface area is 118 Å². The Morgan fingerprint density at radius 1 is 1.14 bits per heavy atom. The van der Waals surface area contributed by atoms with Gasteiger partial charge in [-0.05, 0) is 6.07 Å². The minimum Gasteiger partial charge on any atom is -0.595 e. The van der Waals surface area contributed by atoms with E-state index in [0.717, 1.165) is 6.07 Å². The normalized spacial score (nSPS) is 12.9. The smallest absolute Gasteiger partial charge is 0.201 e. The molecule has 0 spiro atoms. The van der Waals surface area contributed by atoms with Crippen LogP contribution in [0.15, 0.2) is 35.1 Å². The number of fused-ring (bicyclic) bond motifs is 2. The van der Waals surface area contributed by atoms with Crippen LogP contribution >= 0.6 is 0 Å². The van der Waals surface area contributed by atoms with Gasteiger partial charge < -0.3 is 20.0 Å². The number of benzene rings is 2. The van der Waals surface area contributed by atoms with Crippen molar-refractivity contribution in [3.05, 3.63) is 45.8 Å². The largest absolute Gasteiger partial charge is 0.595 e. The summed E-state index contributed by atoms with van der Waals surface area (Å²) in [4.78, 5) is 12.5. The van der Waals surface area contributed by atoms with Gasteiger partial charge in [0.05, 0.1) is 21.8 Å². The van der Waals surface area contributed by atoms with Crippen molar-refractivity contribution in [2.24, 2.45) is 7.05 Å². The molecule has 1 aromatic heterocycles. The molecule has 3 aromatic rings. The second-order valence-electron chi connectivity index (χ2n) is 4.78. The number of pyridine rings is 1. The molecule has 0 amide bonds. The summed E-state index contributed by atoms with van der Waals surface area (Å²) < 4.78 is 1.62. The van der Waals surface area contributed by atoms with Gasteiger partial charge in [0.15, 0.2) is 5.69 Å². The van der Waals surface area contributed by atoms with Gasteiger partial charge in [-0.3, -0.25) is 4.79 Å². The number of nitrogens with zero attached hydrogens (tertiary/aromatic N) is 1. The van der Waals surface area contributed by atoms with Crippen molar-refractivity contribution in [2.75, 3.05) is 0 Å². The van der Waals surface area contributed by atoms with Crippen LogP contribution in [-0.4, -0.2) is 20.0 Å². The number of aromatic hydroxyl groups is 2. The van der Waals surface area contributed by atoms with E-state index in [1.807, 2.05) is 0 Å². The molecule has 0 aliphatic carbocycles. The molecule has 0 fully saturated rings. The van der Waals surface area contributed by atoms with E-state index < -0.39 is 10.7 Å². The fourth-order valence-electron chi connectivity index (χ4n) is 2.50. The van der Waals surface area contributed by atoms with Gasteiger partial charge in [0.25, 0.3) is 0 Å². The molecule has 0 aliphatic heterocycles. The third-order valence-electron chi connectivity index (χ3n) is 3.52. The highest BCUT2D eigenvalue weighted by Crippen LogP contribution is 2.29. The summed E-state index contributed by atoms with van der Waals surface area (Å²) in [6.45, 7) is 0. The topological polar surface area (TPSA) is 110 Å². The number of phenols is 2. The third kappa shape index (κ3) is 1.91. The van der Waals surface area contributed by atoms with Gasteiger partial charge in [0, 0.05) is 31.3 Å². The van der Waals surface area contributed by atoms with E-state index in [0.29, 0.717) is 11.0 Å². The minimum atomic E-state index is -1.13. The monoisotopic (exact) mass is 288 g/mol. The molecule has 0 aliphatic rings. The number of phenolic OH excluding ortho intramolecular Hbond substituents is 2. The van der Waals surface area contributed by atoms with Crippen LogP contribution < -0.4 is 10.7 Å². The summed E-state index contributed by atoms with van der Waals surface area (Å²) in [5.41, 5.74) is 0.409. The molecule has 0 radical (unpaired) electrons. The van der Waals surface area contributed by atoms with E-state index in [2.05, 4.69) is 0 Å². The predicted molar refractivity (Wildman–Crippen MR) is 75.8 cm³/mol. The predicted octanol–water partition coefficient (Wildman–Crippen LogP) is 0.506. The first-order valence-corrected chi connectivity index (χ1v) is 6.12. The lowest BCUT2D eigenvalue weighted by atomic mass is 10.1. The van der Waals surface area contributed by atoms with Gasteiger partial charge >= 0.3 is 0 Å². The zero-order valence-corrected chi connectivity index (χ0v) is 11.0. The molecule has 1 unspecified atom stereocenters. The number of hydrogen-bond donors (Lipinski definition) is 4. The molecular weight excluding hydrogens is 276 g/mol. The highest BCUT2D eigenvalue weighted by molar-refractivity contribution is 5.97. The van der Waals surface area contributed by atoms with E-state index in [9.17, 15) is 20.2 Å². The lowest BCUT2D eigenvalue weighted by Crippen LogP contribution is -2.99. The Morgan fingerprint density at radius 2 is 1.86 bits per heavy atom. The van der Waals surface area contributed by atoms with Crippen molar-refractivity contribution in [2.45, 2.75) is 0 Å². The maximum atomic E-state index is 12.5. The zero-order chi connectivity index (χ0) is 15.3. The minimum absolute atomic E-state index is 0.00258. The Kier molecular flexibility index (Phi) is 2.84. The van der Waals surface area contributed by atoms with Crippen LogP contribution in [0.2, 0.25) is 0 Å². The van der Waals surface area contributed by atoms with Gasteiger partial charge in [-0.2, -0.15) is 5.23 Å². The van der Waals surface area contributed by atoms with E-state index in [1.54, 1.807) is 11.6 Å². The van der Waals surface area contributed by atoms with Gasteiger partial charge in [-0.15, -0.1) is 0 Å². The van der Waals surface area contributed by atoms with Crippen LogP contribution in [0.25, 0.3) is 21.8 Å². The number of quaternary nitrogens is 1. The van der Waals surface area contributed by atoms with Crippen molar-refractivity contribution < 1.29 is 20.6 Å². The maximum Gasteiger partial charge on any atom is 0.201 e. The molecule has 0 bridgehead atoms. The molecule has 7 nitrogen and oxygen atoms in total. The van der Waals surface area contributed by atoms with Crippen molar-refractivity contribution in [3.8, 4) is 11.5 Å². The first-order chi connectivity index (χ1) is 9.90. The maximum absolute atomic E-state index is 12.5. The fraction of sp³-hybridized carbons (Fsp3) is 0.0714. The Morgan fingerprint density at radius 3 is 2.52 bits per heavy atom. The molecule has 108 valence electrons. The third-order valence-corrected chi connectivity index (χ3v) is 3.52. The fourth-order valence-corrected chi connectivity index (χ4v) is 2.50. The summed E-state index contributed by atoms with van der Waals surface area (Å²) in [5.74, 6) is -0.496. The lowest BCUT2D eigenvalue weighted by molar-refractivity contribution is -0.991. The number of aryl methyl sites for hydroxylation is 1. The highest BCUT2D eigenvalue weighted by atomic mass is 16.8. The van der Waals surface area contributed by atoms with E-state index in [1.165, 1.54) is 24.3 Å². The van der Waals surface area contributed by atoms with Crippen LogP contribution in [0.1, 0.15) is 0 Å². The quantitative estimate of drug-likeness (QED) is 0.385. The Balaban J connectivity index is 2.57. The lowest BCUT2D eigenvalue weighted by Gasteiger charge is -2.15. The summed E-state index contributed by atoms with van der Waals surface area (Å²) in [6.07, 6.45) is 0. The van der Waals surface area contributed by atoms with Crippen LogP contribution in [0, 0.1) is 5.21 Å². The van der Waals surface area contributed by atoms with Gasteiger partial charge in [0.1, 0.15) is 11.5 Å². The van der Waals surface area contributed by atoms with Gasteiger partial charge in [0.2, 0.25) is 5.43 Å². The molecule has 1 heterocycles. The van der Waals surface area contributed by atoms with Crippen LogP contribution in [0.4, 0.5) is 5.69 Å². The Hall–Kier alpha value is -2.61. The number of rotatable bonds is 1. The summed E-state index contributed by atoms with van der Waals surface area (Å²) in [7, 11) is 1.67. The van der Waals surface area contributed by atoms with Gasteiger partial charge in [-0.25, -0.2) is 5.21 Å². The van der Waals surface area contributed by atoms with E-state index in [4.69, 9.17) is 5.21 Å². The summed E-state index contributed by atoms with van der Waals surface area (Å²) in [6, 6.07) is 6.67. The SMILES string of the molecule is Cn1c2ccc([NH+]([O-])O)cc2c(=O)c2c(O)cc(O)cc21. The second-order valence-corrected chi connectivity index (χ2v) is 4.78. The standard InChI is InChI=1S/C14H12N2O5/c1-15-10-3-2-7(16(20)21)4-9(10)14(19)13-11(15)5-8(17)6-12(13)18/h2-6,16-18,20H,1H3. The van der Waals surface area contributed by atoms with E-state index >= 15 is 0 Å². The zero-order valence-electron chi connectivity index (χ0n) is 11.0. The first kappa shape index (κ1) is 13.4. The second kappa shape index (κ2) is 4.45. The molecule has 4 N–H and O–H groups in total. The molecule has 0 saturated carbocycles. The first-order valence-electron chi connectivity index (χ1n) is 6.12. The Bertz CT molecular complexity index is 930. The molecule has 7 heteroatoms. The molecule has 2 aromatic carbocycles. The number of aromatic nitrogens is 1. The molecule has 3 rings (SSSR count). The average molecular weight is 288 g/mol. The van der Waals surface area contributed by atoms with Gasteiger partial charge in [-0.1, -0.05) is 0 Å². The summed E-state index contributed by atoms with van der Waals surface area (Å²) >= 11 is 0. The molecule has 0 saturated heterocycles. The highest BCUT2D eigenvalue weighted by Gasteiger charge is 2.15. The van der Waals surface area contributed by atoms with Crippen LogP contribution in [0.5, 0.6) is 11.5 Å². The molecule has 1 atom stereocenters. The van der Waals surface area contributed by atoms with Crippen LogP contribution in [0.3, 0.4) is 0 Å². The molecule has 21 heavy (non-hydrogen) atoms. The van der Waals surface area contributed by atoms with Crippen molar-refractivity contribution in [1.82, 2.24) is 4.57 Å². The number of hydrogen-bond acceptors (Lipinski definition) is 5. The van der Waals surface area contributed by atoms with Crippen molar-refractivity contribution >= 4 is 27.5 Å². The molecular formula is C14H12N2O5. The van der Waals surface area contributed by atoms with E-state index in [-0.39, 0.29) is 28.0 Å². The van der Waals surface area contributed by atoms with Crippen LogP contribution in [-0.2, 0) is 7.05 Å². The summed E-state index contributed by atoms with van der Waals surface area (Å²) in [5, 5.41) is 38.6.